The number of alkyl halides is 3. The maximum absolute atomic E-state index is 12.3. The average Bonchev–Trinajstić information content (AvgIpc) is 2.18. The molecule has 0 N–H and O–H groups in total. The van der Waals surface area contributed by atoms with Gasteiger partial charge in [-0.2, -0.15) is 13.2 Å². The van der Waals surface area contributed by atoms with Crippen molar-refractivity contribution in [2.24, 2.45) is 5.92 Å². The van der Waals surface area contributed by atoms with Gasteiger partial charge in [0.05, 0.1) is 5.92 Å². The molecule has 1 aliphatic rings. The van der Waals surface area contributed by atoms with Crippen molar-refractivity contribution in [1.29, 1.82) is 0 Å². The van der Waals surface area contributed by atoms with Gasteiger partial charge in [-0.1, -0.05) is 0 Å². The Morgan fingerprint density at radius 3 is 2.33 bits per heavy atom. The summed E-state index contributed by atoms with van der Waals surface area (Å²) >= 11 is 0. The first-order chi connectivity index (χ1) is 7.04. The van der Waals surface area contributed by atoms with E-state index in [4.69, 9.17) is 4.74 Å². The number of rotatable bonds is 4. The standard InChI is InChI=1S/C10H18F3NO/c1-15-8-2-5-14-6-3-9(4-7-14)10(11,12)13/h9H,2-8H2,1H3. The number of methoxy groups -OCH3 is 1. The second kappa shape index (κ2) is 5.70. The van der Waals surface area contributed by atoms with Crippen LogP contribution in [0, 0.1) is 5.92 Å². The van der Waals surface area contributed by atoms with Gasteiger partial charge in [-0.05, 0) is 32.4 Å². The predicted molar refractivity (Wildman–Crippen MR) is 51.7 cm³/mol. The second-order valence-electron chi connectivity index (χ2n) is 4.00. The quantitative estimate of drug-likeness (QED) is 0.681. The van der Waals surface area contributed by atoms with Crippen molar-refractivity contribution in [1.82, 2.24) is 4.90 Å². The summed E-state index contributed by atoms with van der Waals surface area (Å²) in [6.45, 7) is 2.65. The highest BCUT2D eigenvalue weighted by molar-refractivity contribution is 4.76. The molecule has 15 heavy (non-hydrogen) atoms. The lowest BCUT2D eigenvalue weighted by Gasteiger charge is -2.32. The molecule has 0 bridgehead atoms. The van der Waals surface area contributed by atoms with Crippen LogP contribution in [-0.4, -0.2) is 44.4 Å². The normalized spacial score (nSPS) is 20.8. The zero-order chi connectivity index (χ0) is 11.3. The molecule has 2 nitrogen and oxygen atoms in total. The zero-order valence-corrected chi connectivity index (χ0v) is 9.02. The first kappa shape index (κ1) is 12.8. The van der Waals surface area contributed by atoms with Crippen LogP contribution in [0.1, 0.15) is 19.3 Å². The Labute approximate surface area is 88.4 Å². The van der Waals surface area contributed by atoms with Crippen molar-refractivity contribution >= 4 is 0 Å². The molecule has 0 saturated carbocycles. The van der Waals surface area contributed by atoms with E-state index in [-0.39, 0.29) is 12.8 Å². The maximum Gasteiger partial charge on any atom is 0.391 e. The van der Waals surface area contributed by atoms with E-state index in [1.54, 1.807) is 7.11 Å². The Kier molecular flexibility index (Phi) is 4.86. The van der Waals surface area contributed by atoms with Crippen molar-refractivity contribution in [3.63, 3.8) is 0 Å². The lowest BCUT2D eigenvalue weighted by molar-refractivity contribution is -0.185. The van der Waals surface area contributed by atoms with Crippen LogP contribution < -0.4 is 0 Å². The third-order valence-corrected chi connectivity index (χ3v) is 2.87. The van der Waals surface area contributed by atoms with Crippen LogP contribution in [0.3, 0.4) is 0 Å². The number of halogens is 3. The van der Waals surface area contributed by atoms with Crippen molar-refractivity contribution < 1.29 is 17.9 Å². The van der Waals surface area contributed by atoms with Crippen LogP contribution in [0.5, 0.6) is 0 Å². The third kappa shape index (κ3) is 4.38. The molecule has 1 aliphatic heterocycles. The number of ether oxygens (including phenoxy) is 1. The highest BCUT2D eigenvalue weighted by Gasteiger charge is 2.40. The fourth-order valence-corrected chi connectivity index (χ4v) is 1.92. The Bertz CT molecular complexity index is 176. The van der Waals surface area contributed by atoms with Gasteiger partial charge in [-0.25, -0.2) is 0 Å². The fraction of sp³-hybridized carbons (Fsp3) is 1.00. The molecule has 0 aromatic carbocycles. The lowest BCUT2D eigenvalue weighted by atomic mass is 9.96. The number of nitrogens with zero attached hydrogens (tertiary/aromatic N) is 1. The number of likely N-dealkylation sites (tertiary alicyclic amines) is 1. The van der Waals surface area contributed by atoms with Crippen molar-refractivity contribution in [3.05, 3.63) is 0 Å². The van der Waals surface area contributed by atoms with E-state index in [9.17, 15) is 13.2 Å². The summed E-state index contributed by atoms with van der Waals surface area (Å²) < 4.78 is 41.9. The van der Waals surface area contributed by atoms with Gasteiger partial charge in [0.1, 0.15) is 0 Å². The highest BCUT2D eigenvalue weighted by Crippen LogP contribution is 2.33. The average molecular weight is 225 g/mol. The first-order valence-electron chi connectivity index (χ1n) is 5.32. The highest BCUT2D eigenvalue weighted by atomic mass is 19.4. The SMILES string of the molecule is COCCCN1CCC(C(F)(F)F)CC1. The molecular formula is C10H18F3NO. The Hall–Kier alpha value is -0.290. The van der Waals surface area contributed by atoms with Crippen LogP contribution in [0.2, 0.25) is 0 Å². The molecule has 0 radical (unpaired) electrons. The van der Waals surface area contributed by atoms with Crippen LogP contribution in [-0.2, 0) is 4.74 Å². The van der Waals surface area contributed by atoms with Gasteiger partial charge in [-0.15, -0.1) is 0 Å². The molecule has 5 heteroatoms. The van der Waals surface area contributed by atoms with Crippen LogP contribution in [0.25, 0.3) is 0 Å². The summed E-state index contributed by atoms with van der Waals surface area (Å²) in [7, 11) is 1.63. The minimum Gasteiger partial charge on any atom is -0.385 e. The molecule has 0 unspecified atom stereocenters. The van der Waals surface area contributed by atoms with Crippen molar-refractivity contribution in [2.45, 2.75) is 25.4 Å². The Morgan fingerprint density at radius 1 is 1.27 bits per heavy atom. The van der Waals surface area contributed by atoms with Gasteiger partial charge in [0, 0.05) is 20.3 Å². The summed E-state index contributed by atoms with van der Waals surface area (Å²) in [4.78, 5) is 2.08. The van der Waals surface area contributed by atoms with E-state index in [0.29, 0.717) is 19.7 Å². The molecule has 0 atom stereocenters. The van der Waals surface area contributed by atoms with E-state index in [1.807, 2.05) is 0 Å². The summed E-state index contributed by atoms with van der Waals surface area (Å²) in [5.41, 5.74) is 0. The summed E-state index contributed by atoms with van der Waals surface area (Å²) in [6.07, 6.45) is -2.61. The van der Waals surface area contributed by atoms with Gasteiger partial charge in [0.15, 0.2) is 0 Å². The molecule has 90 valence electrons. The summed E-state index contributed by atoms with van der Waals surface area (Å²) in [6, 6.07) is 0. The Morgan fingerprint density at radius 2 is 1.87 bits per heavy atom. The molecule has 1 heterocycles. The molecule has 1 fully saturated rings. The molecule has 0 spiro atoms. The molecule has 0 amide bonds. The number of hydrogen-bond donors (Lipinski definition) is 0. The van der Waals surface area contributed by atoms with E-state index in [0.717, 1.165) is 13.0 Å². The second-order valence-corrected chi connectivity index (χ2v) is 4.00. The summed E-state index contributed by atoms with van der Waals surface area (Å²) in [5.74, 6) is -1.09. The topological polar surface area (TPSA) is 12.5 Å². The monoisotopic (exact) mass is 225 g/mol. The van der Waals surface area contributed by atoms with Gasteiger partial charge < -0.3 is 9.64 Å². The van der Waals surface area contributed by atoms with Crippen LogP contribution in [0.4, 0.5) is 13.2 Å². The molecule has 0 aromatic heterocycles. The minimum atomic E-state index is -4.00. The zero-order valence-electron chi connectivity index (χ0n) is 9.02. The smallest absolute Gasteiger partial charge is 0.385 e. The van der Waals surface area contributed by atoms with Gasteiger partial charge in [0.25, 0.3) is 0 Å². The molecule has 0 aliphatic carbocycles. The minimum absolute atomic E-state index is 0.247. The van der Waals surface area contributed by atoms with Gasteiger partial charge in [-0.3, -0.25) is 0 Å². The van der Waals surface area contributed by atoms with E-state index < -0.39 is 12.1 Å². The van der Waals surface area contributed by atoms with E-state index in [1.165, 1.54) is 0 Å². The molecule has 1 rings (SSSR count). The molecule has 0 aromatic rings. The Balaban J connectivity index is 2.18. The lowest BCUT2D eigenvalue weighted by Crippen LogP contribution is -2.39. The number of piperidine rings is 1. The first-order valence-corrected chi connectivity index (χ1v) is 5.32. The van der Waals surface area contributed by atoms with Crippen molar-refractivity contribution in [2.75, 3.05) is 33.4 Å². The largest absolute Gasteiger partial charge is 0.391 e. The number of hydrogen-bond acceptors (Lipinski definition) is 2. The van der Waals surface area contributed by atoms with E-state index >= 15 is 0 Å². The van der Waals surface area contributed by atoms with Gasteiger partial charge >= 0.3 is 6.18 Å². The fourth-order valence-electron chi connectivity index (χ4n) is 1.92. The van der Waals surface area contributed by atoms with Crippen molar-refractivity contribution in [3.8, 4) is 0 Å². The predicted octanol–water partition coefficient (Wildman–Crippen LogP) is 2.30. The molecule has 1 saturated heterocycles. The third-order valence-electron chi connectivity index (χ3n) is 2.87. The maximum atomic E-state index is 12.3. The summed E-state index contributed by atoms with van der Waals surface area (Å²) in [5, 5.41) is 0. The van der Waals surface area contributed by atoms with Gasteiger partial charge in [0.2, 0.25) is 0 Å². The van der Waals surface area contributed by atoms with E-state index in [2.05, 4.69) is 4.90 Å². The van der Waals surface area contributed by atoms with Crippen LogP contribution >= 0.6 is 0 Å². The molecular weight excluding hydrogens is 207 g/mol. The van der Waals surface area contributed by atoms with Crippen LogP contribution in [0.15, 0.2) is 0 Å².